The first-order chi connectivity index (χ1) is 16.8. The smallest absolute Gasteiger partial charge is 0.342 e. The van der Waals surface area contributed by atoms with Crippen molar-refractivity contribution >= 4 is 29.2 Å². The number of likely N-dealkylation sites (tertiary alicyclic amines) is 1. The van der Waals surface area contributed by atoms with Crippen molar-refractivity contribution in [2.45, 2.75) is 64.9 Å². The van der Waals surface area contributed by atoms with Crippen molar-refractivity contribution in [1.29, 1.82) is 0 Å². The highest BCUT2D eigenvalue weighted by molar-refractivity contribution is 6.33. The van der Waals surface area contributed by atoms with E-state index >= 15 is 0 Å². The Morgan fingerprint density at radius 1 is 1.23 bits per heavy atom. The highest BCUT2D eigenvalue weighted by Crippen LogP contribution is 2.37. The number of halogens is 1. The third kappa shape index (κ3) is 7.49. The molecule has 9 heteroatoms. The molecule has 2 aliphatic heterocycles. The molecule has 2 aliphatic rings. The SMILES string of the molecule is CC1=CC(=NOCC(=O)N2CCCCC2)Cc2c(Cl)c(O)cc(O)c2C(=O)O[C@H](C)CC=CCC1. The summed E-state index contributed by atoms with van der Waals surface area (Å²) in [5.74, 6) is -1.69. The number of ether oxygens (including phenoxy) is 1. The Morgan fingerprint density at radius 3 is 2.71 bits per heavy atom. The van der Waals surface area contributed by atoms with Crippen LogP contribution in [0.1, 0.15) is 68.3 Å². The summed E-state index contributed by atoms with van der Waals surface area (Å²) in [6.45, 7) is 4.94. The van der Waals surface area contributed by atoms with Crippen LogP contribution in [0, 0.1) is 0 Å². The molecule has 3 rings (SSSR count). The van der Waals surface area contributed by atoms with Gasteiger partial charge in [-0.1, -0.05) is 34.5 Å². The van der Waals surface area contributed by atoms with Crippen LogP contribution in [-0.4, -0.2) is 58.5 Å². The molecule has 1 aromatic carbocycles. The second kappa shape index (κ2) is 12.6. The van der Waals surface area contributed by atoms with Gasteiger partial charge in [0.05, 0.1) is 10.7 Å². The molecule has 0 aliphatic carbocycles. The molecule has 0 aromatic heterocycles. The van der Waals surface area contributed by atoms with E-state index in [-0.39, 0.29) is 40.8 Å². The number of amides is 1. The zero-order valence-corrected chi connectivity index (χ0v) is 21.0. The molecule has 0 radical (unpaired) electrons. The van der Waals surface area contributed by atoms with Gasteiger partial charge in [0.2, 0.25) is 0 Å². The number of hydrogen-bond donors (Lipinski definition) is 2. The van der Waals surface area contributed by atoms with Crippen LogP contribution in [-0.2, 0) is 20.8 Å². The molecule has 1 fully saturated rings. The first-order valence-corrected chi connectivity index (χ1v) is 12.4. The largest absolute Gasteiger partial charge is 0.507 e. The number of carbonyl (C=O) groups excluding carboxylic acids is 2. The summed E-state index contributed by atoms with van der Waals surface area (Å²) in [6, 6.07) is 1.02. The second-order valence-corrected chi connectivity index (χ2v) is 9.39. The van der Waals surface area contributed by atoms with Crippen molar-refractivity contribution in [2.75, 3.05) is 19.7 Å². The highest BCUT2D eigenvalue weighted by atomic mass is 35.5. The number of aromatic hydroxyl groups is 2. The first-order valence-electron chi connectivity index (χ1n) is 12.0. The summed E-state index contributed by atoms with van der Waals surface area (Å²) in [5.41, 5.74) is 1.43. The molecule has 1 saturated heterocycles. The molecule has 0 bridgehead atoms. The Bertz CT molecular complexity index is 1030. The summed E-state index contributed by atoms with van der Waals surface area (Å²) in [6.07, 6.45) is 10.5. The predicted octanol–water partition coefficient (Wildman–Crippen LogP) is 4.91. The van der Waals surface area contributed by atoms with Gasteiger partial charge in [0.25, 0.3) is 5.91 Å². The van der Waals surface area contributed by atoms with Crippen molar-refractivity contribution in [3.05, 3.63) is 46.0 Å². The van der Waals surface area contributed by atoms with Crippen LogP contribution in [0.25, 0.3) is 0 Å². The Hall–Kier alpha value is -3.00. The minimum atomic E-state index is -0.751. The van der Waals surface area contributed by atoms with Gasteiger partial charge in [-0.25, -0.2) is 4.79 Å². The topological polar surface area (TPSA) is 109 Å². The number of oxime groups is 1. The second-order valence-electron chi connectivity index (χ2n) is 9.01. The number of phenols is 2. The van der Waals surface area contributed by atoms with Crippen LogP contribution in [0.3, 0.4) is 0 Å². The predicted molar refractivity (Wildman–Crippen MR) is 134 cm³/mol. The van der Waals surface area contributed by atoms with Gasteiger partial charge in [-0.15, -0.1) is 0 Å². The normalized spacial score (nSPS) is 21.1. The van der Waals surface area contributed by atoms with Crippen LogP contribution in [0.15, 0.2) is 35.0 Å². The van der Waals surface area contributed by atoms with Gasteiger partial charge >= 0.3 is 5.97 Å². The molecular weight excluding hydrogens is 472 g/mol. The summed E-state index contributed by atoms with van der Waals surface area (Å²) in [4.78, 5) is 32.6. The fraction of sp³-hybridized carbons (Fsp3) is 0.500. The average Bonchev–Trinajstić information content (AvgIpc) is 2.81. The number of fused-ring (bicyclic) bond motifs is 1. The van der Waals surface area contributed by atoms with Gasteiger partial charge in [-0.3, -0.25) is 4.79 Å². The molecule has 0 spiro atoms. The molecule has 1 aromatic rings. The third-order valence-corrected chi connectivity index (χ3v) is 6.44. The molecule has 0 unspecified atom stereocenters. The standard InChI is InChI=1S/C26H33ClN2O6/c1-17-9-5-3-6-10-18(2)35-26(33)24-20(25(27)22(31)15-21(24)30)14-19(13-17)28-34-16-23(32)29-11-7-4-8-12-29/h3,6,13,15,18,30-31H,4-5,7-12,14,16H2,1-2H3/t18-/m1/s1. The molecule has 190 valence electrons. The van der Waals surface area contributed by atoms with Gasteiger partial charge in [-0.05, 0) is 57.6 Å². The van der Waals surface area contributed by atoms with Crippen LogP contribution in [0.4, 0.5) is 0 Å². The number of allylic oxidation sites excluding steroid dienone is 3. The molecule has 0 saturated carbocycles. The molecule has 1 amide bonds. The van der Waals surface area contributed by atoms with Gasteiger partial charge in [0, 0.05) is 32.0 Å². The molecule has 2 heterocycles. The van der Waals surface area contributed by atoms with E-state index in [0.29, 0.717) is 25.2 Å². The van der Waals surface area contributed by atoms with E-state index in [9.17, 15) is 19.8 Å². The number of nitrogens with zero attached hydrogens (tertiary/aromatic N) is 2. The van der Waals surface area contributed by atoms with Crippen LogP contribution in [0.2, 0.25) is 5.02 Å². The molecule has 1 atom stereocenters. The lowest BCUT2D eigenvalue weighted by Gasteiger charge is -2.26. The Morgan fingerprint density at radius 2 is 1.97 bits per heavy atom. The number of cyclic esters (lactones) is 1. The number of hydrogen-bond acceptors (Lipinski definition) is 7. The zero-order chi connectivity index (χ0) is 25.4. The minimum absolute atomic E-state index is 0.0231. The van der Waals surface area contributed by atoms with Crippen molar-refractivity contribution in [3.63, 3.8) is 0 Å². The monoisotopic (exact) mass is 504 g/mol. The molecular formula is C26H33ClN2O6. The van der Waals surface area contributed by atoms with E-state index in [1.807, 2.05) is 19.1 Å². The average molecular weight is 505 g/mol. The number of rotatable bonds is 3. The van der Waals surface area contributed by atoms with E-state index < -0.39 is 17.8 Å². The maximum Gasteiger partial charge on any atom is 0.342 e. The fourth-order valence-electron chi connectivity index (χ4n) is 4.14. The Balaban J connectivity index is 1.93. The summed E-state index contributed by atoms with van der Waals surface area (Å²) in [5, 5.41) is 24.8. The zero-order valence-electron chi connectivity index (χ0n) is 20.3. The number of esters is 1. The fourth-order valence-corrected chi connectivity index (χ4v) is 4.35. The van der Waals surface area contributed by atoms with Gasteiger partial charge < -0.3 is 24.7 Å². The van der Waals surface area contributed by atoms with E-state index in [1.54, 1.807) is 17.9 Å². The van der Waals surface area contributed by atoms with Crippen LogP contribution < -0.4 is 0 Å². The quantitative estimate of drug-likeness (QED) is 0.344. The molecule has 2 N–H and O–H groups in total. The lowest BCUT2D eigenvalue weighted by Crippen LogP contribution is -2.37. The van der Waals surface area contributed by atoms with E-state index in [4.69, 9.17) is 21.2 Å². The van der Waals surface area contributed by atoms with Crippen LogP contribution in [0.5, 0.6) is 11.5 Å². The van der Waals surface area contributed by atoms with Crippen LogP contribution >= 0.6 is 11.6 Å². The summed E-state index contributed by atoms with van der Waals surface area (Å²) in [7, 11) is 0. The summed E-state index contributed by atoms with van der Waals surface area (Å²) < 4.78 is 5.51. The van der Waals surface area contributed by atoms with Gasteiger partial charge in [0.15, 0.2) is 6.61 Å². The molecule has 8 nitrogen and oxygen atoms in total. The Kier molecular flexibility index (Phi) is 9.60. The van der Waals surface area contributed by atoms with Crippen molar-refractivity contribution in [1.82, 2.24) is 4.90 Å². The van der Waals surface area contributed by atoms with E-state index in [2.05, 4.69) is 5.16 Å². The maximum absolute atomic E-state index is 12.9. The van der Waals surface area contributed by atoms with Crippen molar-refractivity contribution in [3.8, 4) is 11.5 Å². The van der Waals surface area contributed by atoms with Gasteiger partial charge in [-0.2, -0.15) is 0 Å². The van der Waals surface area contributed by atoms with Crippen molar-refractivity contribution in [2.24, 2.45) is 5.16 Å². The number of benzene rings is 1. The summed E-state index contributed by atoms with van der Waals surface area (Å²) >= 11 is 6.37. The number of carbonyl (C=O) groups is 2. The lowest BCUT2D eigenvalue weighted by molar-refractivity contribution is -0.137. The third-order valence-electron chi connectivity index (χ3n) is 6.02. The van der Waals surface area contributed by atoms with Gasteiger partial charge in [0.1, 0.15) is 23.2 Å². The molecule has 35 heavy (non-hydrogen) atoms. The van der Waals surface area contributed by atoms with Crippen molar-refractivity contribution < 1.29 is 29.4 Å². The number of piperidine rings is 1. The highest BCUT2D eigenvalue weighted by Gasteiger charge is 2.26. The van der Waals surface area contributed by atoms with E-state index in [0.717, 1.165) is 43.7 Å². The van der Waals surface area contributed by atoms with E-state index in [1.165, 1.54) is 0 Å². The Labute approximate surface area is 210 Å². The first kappa shape index (κ1) is 26.6. The minimum Gasteiger partial charge on any atom is -0.507 e. The maximum atomic E-state index is 12.9. The number of phenolic OH excluding ortho intramolecular Hbond substituents is 2. The lowest BCUT2D eigenvalue weighted by atomic mass is 9.98.